The Balaban J connectivity index is 1.05. The van der Waals surface area contributed by atoms with E-state index in [-0.39, 0.29) is 30.0 Å². The molecule has 52 heavy (non-hydrogen) atoms. The maximum absolute atomic E-state index is 13.5. The molecule has 8 rings (SSSR count). The third-order valence-corrected chi connectivity index (χ3v) is 10.5. The highest BCUT2D eigenvalue weighted by molar-refractivity contribution is 6.07. The smallest absolute Gasteiger partial charge is 0.410 e. The predicted molar refractivity (Wildman–Crippen MR) is 198 cm³/mol. The fourth-order valence-electron chi connectivity index (χ4n) is 7.97. The zero-order valence-corrected chi connectivity index (χ0v) is 30.7. The normalized spacial score (nSPS) is 19.3. The Morgan fingerprint density at radius 2 is 1.73 bits per heavy atom. The summed E-state index contributed by atoms with van der Waals surface area (Å²) in [5.41, 5.74) is 9.29. The van der Waals surface area contributed by atoms with Gasteiger partial charge in [-0.25, -0.2) is 14.8 Å². The van der Waals surface area contributed by atoms with E-state index < -0.39 is 11.6 Å². The van der Waals surface area contributed by atoms with E-state index in [2.05, 4.69) is 57.9 Å². The summed E-state index contributed by atoms with van der Waals surface area (Å²) in [6.45, 7) is 11.5. The van der Waals surface area contributed by atoms with Crippen LogP contribution >= 0.6 is 0 Å². The Labute approximate surface area is 303 Å². The fourth-order valence-corrected chi connectivity index (χ4v) is 7.97. The van der Waals surface area contributed by atoms with Crippen molar-refractivity contribution < 1.29 is 23.9 Å². The molecule has 0 spiro atoms. The average molecular weight is 706 g/mol. The topological polar surface area (TPSA) is 138 Å². The van der Waals surface area contributed by atoms with E-state index in [4.69, 9.17) is 24.3 Å². The van der Waals surface area contributed by atoms with Gasteiger partial charge in [-0.2, -0.15) is 5.48 Å². The molecule has 2 saturated heterocycles. The van der Waals surface area contributed by atoms with Crippen molar-refractivity contribution in [3.63, 3.8) is 0 Å². The molecule has 2 fully saturated rings. The minimum Gasteiger partial charge on any atom is -0.488 e. The van der Waals surface area contributed by atoms with Crippen LogP contribution in [0.5, 0.6) is 5.75 Å². The number of benzene rings is 3. The number of rotatable bonds is 7. The number of H-pyrrole nitrogens is 2. The SMILES string of the molecule is CON[C@H](C(=O)N1CCC[C@H]1c1ncc(-c2ccc3c(c2)COc2cc4c(ccc5[nH]c([C@@H]6CCCN6C(=O)OC(C)(C)C)nc54)cc2-3)[nH]1)C(C)C. The molecule has 5 aromatic rings. The van der Waals surface area contributed by atoms with Crippen LogP contribution in [0.2, 0.25) is 0 Å². The van der Waals surface area contributed by atoms with Crippen LogP contribution in [0.25, 0.3) is 44.2 Å². The number of nitrogens with zero attached hydrogens (tertiary/aromatic N) is 4. The van der Waals surface area contributed by atoms with Crippen LogP contribution in [0.1, 0.15) is 89.6 Å². The average Bonchev–Trinajstić information content (AvgIpc) is 3.94. The van der Waals surface area contributed by atoms with Crippen molar-refractivity contribution in [3.05, 3.63) is 65.9 Å². The second-order valence-corrected chi connectivity index (χ2v) is 15.6. The molecular weight excluding hydrogens is 658 g/mol. The number of fused-ring (bicyclic) bond motifs is 6. The molecule has 0 bridgehead atoms. The monoisotopic (exact) mass is 705 g/mol. The summed E-state index contributed by atoms with van der Waals surface area (Å²) < 4.78 is 12.1. The third kappa shape index (κ3) is 6.17. The van der Waals surface area contributed by atoms with Crippen molar-refractivity contribution in [2.24, 2.45) is 5.92 Å². The highest BCUT2D eigenvalue weighted by Crippen LogP contribution is 2.43. The van der Waals surface area contributed by atoms with Gasteiger partial charge in [-0.05, 0) is 98.7 Å². The first-order valence-corrected chi connectivity index (χ1v) is 18.4. The molecule has 2 amide bonds. The van der Waals surface area contributed by atoms with Crippen LogP contribution in [0, 0.1) is 5.92 Å². The van der Waals surface area contributed by atoms with E-state index in [0.717, 1.165) is 92.8 Å². The molecule has 3 aromatic carbocycles. The van der Waals surface area contributed by atoms with E-state index in [1.807, 2.05) is 45.7 Å². The minimum atomic E-state index is -0.559. The lowest BCUT2D eigenvalue weighted by molar-refractivity contribution is -0.139. The van der Waals surface area contributed by atoms with Crippen LogP contribution in [-0.4, -0.2) is 73.6 Å². The summed E-state index contributed by atoms with van der Waals surface area (Å²) in [6.07, 6.45) is 5.07. The number of amides is 2. The summed E-state index contributed by atoms with van der Waals surface area (Å²) >= 11 is 0. The van der Waals surface area contributed by atoms with Gasteiger partial charge in [-0.3, -0.25) is 9.69 Å². The Bertz CT molecular complexity index is 2160. The van der Waals surface area contributed by atoms with Gasteiger partial charge in [0.05, 0.1) is 42.1 Å². The molecule has 5 heterocycles. The number of nitrogens with one attached hydrogen (secondary N) is 3. The number of hydrogen-bond acceptors (Lipinski definition) is 8. The fraction of sp³-hybridized carbons (Fsp3) is 0.450. The van der Waals surface area contributed by atoms with Gasteiger partial charge in [-0.1, -0.05) is 32.0 Å². The number of ether oxygens (including phenoxy) is 2. The van der Waals surface area contributed by atoms with Crippen molar-refractivity contribution in [1.82, 2.24) is 35.2 Å². The summed E-state index contributed by atoms with van der Waals surface area (Å²) in [5, 5.41) is 2.07. The van der Waals surface area contributed by atoms with E-state index in [0.29, 0.717) is 19.7 Å². The van der Waals surface area contributed by atoms with Crippen LogP contribution in [-0.2, 0) is 21.0 Å². The number of hydrogen-bond donors (Lipinski definition) is 3. The first-order valence-electron chi connectivity index (χ1n) is 18.4. The van der Waals surface area contributed by atoms with Gasteiger partial charge in [0.15, 0.2) is 0 Å². The quantitative estimate of drug-likeness (QED) is 0.148. The van der Waals surface area contributed by atoms with E-state index >= 15 is 0 Å². The molecular formula is C40H47N7O5. The molecule has 2 aromatic heterocycles. The molecule has 0 saturated carbocycles. The minimum absolute atomic E-state index is 0.0292. The lowest BCUT2D eigenvalue weighted by Crippen LogP contribution is -2.48. The van der Waals surface area contributed by atoms with Crippen molar-refractivity contribution in [2.45, 2.75) is 90.6 Å². The molecule has 12 heteroatoms. The maximum Gasteiger partial charge on any atom is 0.410 e. The van der Waals surface area contributed by atoms with Gasteiger partial charge in [0.25, 0.3) is 0 Å². The van der Waals surface area contributed by atoms with Crippen molar-refractivity contribution in [1.29, 1.82) is 0 Å². The maximum atomic E-state index is 13.5. The second kappa shape index (κ2) is 13.2. The van der Waals surface area contributed by atoms with E-state index in [9.17, 15) is 9.59 Å². The molecule has 3 atom stereocenters. The number of aromatic amines is 2. The van der Waals surface area contributed by atoms with Crippen molar-refractivity contribution in [2.75, 3.05) is 20.2 Å². The largest absolute Gasteiger partial charge is 0.488 e. The van der Waals surface area contributed by atoms with Gasteiger partial charge in [0, 0.05) is 24.0 Å². The highest BCUT2D eigenvalue weighted by Gasteiger charge is 2.37. The van der Waals surface area contributed by atoms with Crippen LogP contribution in [0.4, 0.5) is 4.79 Å². The first kappa shape index (κ1) is 34.2. The van der Waals surface area contributed by atoms with Gasteiger partial charge < -0.3 is 29.2 Å². The number of likely N-dealkylation sites (tertiary alicyclic amines) is 2. The van der Waals surface area contributed by atoms with Crippen molar-refractivity contribution in [3.8, 4) is 28.1 Å². The number of aromatic nitrogens is 4. The van der Waals surface area contributed by atoms with E-state index in [1.165, 1.54) is 0 Å². The number of carbonyl (C=O) groups excluding carboxylic acids is 2. The molecule has 3 N–H and O–H groups in total. The van der Waals surface area contributed by atoms with Gasteiger partial charge in [0.1, 0.15) is 35.6 Å². The Kier molecular flexibility index (Phi) is 8.70. The molecule has 0 unspecified atom stereocenters. The second-order valence-electron chi connectivity index (χ2n) is 15.6. The molecule has 3 aliphatic heterocycles. The Hall–Kier alpha value is -4.94. The summed E-state index contributed by atoms with van der Waals surface area (Å²) in [7, 11) is 1.54. The molecule has 12 nitrogen and oxygen atoms in total. The van der Waals surface area contributed by atoms with Gasteiger partial charge in [-0.15, -0.1) is 0 Å². The number of carbonyl (C=O) groups is 2. The van der Waals surface area contributed by atoms with Gasteiger partial charge >= 0.3 is 6.09 Å². The number of imidazole rings is 2. The summed E-state index contributed by atoms with van der Waals surface area (Å²) in [4.78, 5) is 52.2. The molecule has 272 valence electrons. The molecule has 0 radical (unpaired) electrons. The van der Waals surface area contributed by atoms with Crippen LogP contribution in [0.15, 0.2) is 48.7 Å². The lowest BCUT2D eigenvalue weighted by atomic mass is 9.92. The van der Waals surface area contributed by atoms with Crippen LogP contribution in [0.3, 0.4) is 0 Å². The third-order valence-electron chi connectivity index (χ3n) is 10.5. The summed E-state index contributed by atoms with van der Waals surface area (Å²) in [6, 6.07) is 14.2. The highest BCUT2D eigenvalue weighted by atomic mass is 16.6. The Morgan fingerprint density at radius 1 is 0.962 bits per heavy atom. The zero-order valence-electron chi connectivity index (χ0n) is 30.7. The number of hydroxylamine groups is 1. The Morgan fingerprint density at radius 3 is 2.48 bits per heavy atom. The first-order chi connectivity index (χ1) is 25.0. The van der Waals surface area contributed by atoms with E-state index in [1.54, 1.807) is 12.0 Å². The standard InChI is InChI=1S/C40H47N7O5/c1-22(2)34(45-50-6)38(48)46-15-7-9-31(46)36-41-20-30(43-36)24-11-13-26-25(17-24)21-51-33-19-27-23(18-28(26)33)12-14-29-35(27)44-37(42-29)32-10-8-16-47(32)39(49)52-40(3,4)5/h11-14,17-20,22,31-32,34,45H,7-10,15-16,21H2,1-6H3,(H,41,43)(H,42,44)/t31-,32-,34-/m0/s1. The van der Waals surface area contributed by atoms with Crippen LogP contribution < -0.4 is 10.2 Å². The lowest BCUT2D eigenvalue weighted by Gasteiger charge is -2.29. The van der Waals surface area contributed by atoms with Gasteiger partial charge in [0.2, 0.25) is 5.91 Å². The van der Waals surface area contributed by atoms with Crippen molar-refractivity contribution >= 4 is 33.8 Å². The zero-order chi connectivity index (χ0) is 36.3. The molecule has 0 aliphatic carbocycles. The summed E-state index contributed by atoms with van der Waals surface area (Å²) in [5.74, 6) is 2.51. The predicted octanol–water partition coefficient (Wildman–Crippen LogP) is 7.58. The molecule has 3 aliphatic rings.